The van der Waals surface area contributed by atoms with Gasteiger partial charge in [0.15, 0.2) is 5.76 Å². The van der Waals surface area contributed by atoms with E-state index < -0.39 is 0 Å². The molecule has 2 aliphatic rings. The molecule has 29 heavy (non-hydrogen) atoms. The lowest BCUT2D eigenvalue weighted by molar-refractivity contribution is 0.0865. The molecule has 6 nitrogen and oxygen atoms in total. The van der Waals surface area contributed by atoms with Crippen molar-refractivity contribution in [3.8, 4) is 0 Å². The highest BCUT2D eigenvalue weighted by molar-refractivity contribution is 5.74. The van der Waals surface area contributed by atoms with Crippen molar-refractivity contribution in [1.29, 1.82) is 0 Å². The van der Waals surface area contributed by atoms with Gasteiger partial charge >= 0.3 is 0 Å². The smallest absolute Gasteiger partial charge is 0.150 e. The molecule has 5 rings (SSSR count). The topological polar surface area (TPSA) is 61.2 Å². The number of H-pyrrole nitrogens is 1. The zero-order valence-corrected chi connectivity index (χ0v) is 17.3. The number of hydrogen-bond donors (Lipinski definition) is 1. The van der Waals surface area contributed by atoms with Gasteiger partial charge in [-0.2, -0.15) is 0 Å². The molecule has 3 aromatic rings. The highest BCUT2D eigenvalue weighted by atomic mass is 16.5. The zero-order chi connectivity index (χ0) is 19.6. The lowest BCUT2D eigenvalue weighted by Gasteiger charge is -2.39. The lowest BCUT2D eigenvalue weighted by atomic mass is 9.79. The number of fused-ring (bicyclic) bond motifs is 1. The molecule has 154 valence electrons. The second-order valence-electron chi connectivity index (χ2n) is 8.86. The zero-order valence-electron chi connectivity index (χ0n) is 17.3. The van der Waals surface area contributed by atoms with E-state index in [0.29, 0.717) is 0 Å². The summed E-state index contributed by atoms with van der Waals surface area (Å²) < 4.78 is 5.39. The Morgan fingerprint density at radius 2 is 1.62 bits per heavy atom. The first-order chi connectivity index (χ1) is 14.2. The average molecular weight is 394 g/mol. The number of aromatic amines is 1. The molecular formula is C23H31N5O. The van der Waals surface area contributed by atoms with Crippen molar-refractivity contribution in [2.75, 3.05) is 26.2 Å². The summed E-state index contributed by atoms with van der Waals surface area (Å²) >= 11 is 0. The minimum absolute atomic E-state index is 0.885. The lowest BCUT2D eigenvalue weighted by Crippen LogP contribution is -2.40. The predicted molar refractivity (Wildman–Crippen MR) is 113 cm³/mol. The van der Waals surface area contributed by atoms with E-state index in [1.54, 1.807) is 0 Å². The van der Waals surface area contributed by atoms with Crippen LogP contribution in [0.15, 0.2) is 34.9 Å². The highest BCUT2D eigenvalue weighted by Crippen LogP contribution is 2.33. The number of rotatable bonds is 5. The van der Waals surface area contributed by atoms with Crippen molar-refractivity contribution in [3.63, 3.8) is 0 Å². The van der Waals surface area contributed by atoms with Crippen LogP contribution in [0, 0.1) is 18.8 Å². The van der Waals surface area contributed by atoms with Gasteiger partial charge in [-0.15, -0.1) is 0 Å². The normalized spacial score (nSPS) is 20.6. The van der Waals surface area contributed by atoms with Gasteiger partial charge in [0.2, 0.25) is 0 Å². The minimum Gasteiger partial charge on any atom is -0.360 e. The number of aromatic nitrogens is 3. The molecule has 0 bridgehead atoms. The first kappa shape index (κ1) is 18.8. The second-order valence-corrected chi connectivity index (χ2v) is 8.86. The number of aryl methyl sites for hydroxylation is 1. The molecule has 1 aromatic carbocycles. The van der Waals surface area contributed by atoms with E-state index in [1.807, 2.05) is 6.92 Å². The summed E-state index contributed by atoms with van der Waals surface area (Å²) in [5.74, 6) is 3.87. The van der Waals surface area contributed by atoms with E-state index in [9.17, 15) is 0 Å². The standard InChI is InChI=1S/C23H31N5O/c1-17-14-20(29-26-17)15-27-10-6-18(7-11-27)19-8-12-28(13-9-19)16-23-24-21-4-2-3-5-22(21)25-23/h2-5,14,18-19H,6-13,15-16H2,1H3,(H,24,25). The fourth-order valence-corrected chi connectivity index (χ4v) is 5.17. The third kappa shape index (κ3) is 4.38. The van der Waals surface area contributed by atoms with E-state index >= 15 is 0 Å². The van der Waals surface area contributed by atoms with Crippen molar-refractivity contribution in [2.45, 2.75) is 45.7 Å². The Kier molecular flexibility index (Phi) is 5.38. The fourth-order valence-electron chi connectivity index (χ4n) is 5.17. The van der Waals surface area contributed by atoms with Gasteiger partial charge in [-0.25, -0.2) is 4.98 Å². The molecule has 0 saturated carbocycles. The number of piperidine rings is 2. The summed E-state index contributed by atoms with van der Waals surface area (Å²) in [6, 6.07) is 10.4. The molecule has 1 N–H and O–H groups in total. The summed E-state index contributed by atoms with van der Waals surface area (Å²) in [4.78, 5) is 13.3. The van der Waals surface area contributed by atoms with Gasteiger partial charge in [0.05, 0.1) is 29.8 Å². The Balaban J connectivity index is 1.08. The van der Waals surface area contributed by atoms with Crippen LogP contribution >= 0.6 is 0 Å². The molecule has 2 fully saturated rings. The third-order valence-electron chi connectivity index (χ3n) is 6.80. The largest absolute Gasteiger partial charge is 0.360 e. The van der Waals surface area contributed by atoms with Gasteiger partial charge < -0.3 is 9.51 Å². The van der Waals surface area contributed by atoms with Crippen molar-refractivity contribution in [3.05, 3.63) is 47.6 Å². The van der Waals surface area contributed by atoms with Crippen LogP contribution < -0.4 is 0 Å². The number of nitrogens with one attached hydrogen (secondary N) is 1. The maximum Gasteiger partial charge on any atom is 0.150 e. The molecule has 2 saturated heterocycles. The summed E-state index contributed by atoms with van der Waals surface area (Å²) in [5.41, 5.74) is 3.19. The molecule has 2 aromatic heterocycles. The van der Waals surface area contributed by atoms with Gasteiger partial charge in [-0.05, 0) is 82.8 Å². The van der Waals surface area contributed by atoms with Gasteiger partial charge in [0, 0.05) is 6.07 Å². The van der Waals surface area contributed by atoms with Crippen molar-refractivity contribution in [2.24, 2.45) is 11.8 Å². The van der Waals surface area contributed by atoms with Crippen LogP contribution in [0.1, 0.15) is 43.0 Å². The average Bonchev–Trinajstić information content (AvgIpc) is 3.34. The van der Waals surface area contributed by atoms with Crippen LogP contribution in [0.3, 0.4) is 0 Å². The number of hydrogen-bond acceptors (Lipinski definition) is 5. The fraction of sp³-hybridized carbons (Fsp3) is 0.565. The molecule has 6 heteroatoms. The van der Waals surface area contributed by atoms with Crippen LogP contribution in [0.5, 0.6) is 0 Å². The number of benzene rings is 1. The number of nitrogens with zero attached hydrogens (tertiary/aromatic N) is 4. The van der Waals surface area contributed by atoms with E-state index in [0.717, 1.165) is 53.2 Å². The first-order valence-electron chi connectivity index (χ1n) is 11.0. The van der Waals surface area contributed by atoms with Crippen LogP contribution in [0.25, 0.3) is 11.0 Å². The van der Waals surface area contributed by atoms with Crippen molar-refractivity contribution < 1.29 is 4.52 Å². The maximum atomic E-state index is 5.39. The Hall–Kier alpha value is -2.18. The van der Waals surface area contributed by atoms with Crippen LogP contribution in [0.2, 0.25) is 0 Å². The van der Waals surface area contributed by atoms with Gasteiger partial charge in [-0.1, -0.05) is 17.3 Å². The number of para-hydroxylation sites is 2. The molecule has 2 aliphatic heterocycles. The van der Waals surface area contributed by atoms with Gasteiger partial charge in [0.25, 0.3) is 0 Å². The SMILES string of the molecule is Cc1cc(CN2CCC(C3CCN(Cc4nc5ccccc5[nH]4)CC3)CC2)on1. The monoisotopic (exact) mass is 393 g/mol. The van der Waals surface area contributed by atoms with Crippen molar-refractivity contribution in [1.82, 2.24) is 24.9 Å². The van der Waals surface area contributed by atoms with Crippen LogP contribution in [0.4, 0.5) is 0 Å². The van der Waals surface area contributed by atoms with E-state index in [2.05, 4.69) is 50.3 Å². The molecule has 0 atom stereocenters. The Labute approximate surface area is 172 Å². The van der Waals surface area contributed by atoms with Crippen LogP contribution in [-0.4, -0.2) is 51.1 Å². The number of imidazole rings is 1. The third-order valence-corrected chi connectivity index (χ3v) is 6.80. The molecule has 0 unspecified atom stereocenters. The van der Waals surface area contributed by atoms with E-state index in [4.69, 9.17) is 9.51 Å². The molecule has 0 spiro atoms. The quantitative estimate of drug-likeness (QED) is 0.710. The van der Waals surface area contributed by atoms with Crippen molar-refractivity contribution >= 4 is 11.0 Å². The summed E-state index contributed by atoms with van der Waals surface area (Å²) in [7, 11) is 0. The second kappa shape index (κ2) is 8.28. The van der Waals surface area contributed by atoms with E-state index in [-0.39, 0.29) is 0 Å². The summed E-state index contributed by atoms with van der Waals surface area (Å²) in [5, 5.41) is 4.01. The highest BCUT2D eigenvalue weighted by Gasteiger charge is 2.30. The molecule has 0 amide bonds. The Morgan fingerprint density at radius 1 is 0.966 bits per heavy atom. The Bertz CT molecular complexity index is 899. The molecular weight excluding hydrogens is 362 g/mol. The Morgan fingerprint density at radius 3 is 2.24 bits per heavy atom. The predicted octanol–water partition coefficient (Wildman–Crippen LogP) is 3.98. The molecule has 0 radical (unpaired) electrons. The van der Waals surface area contributed by atoms with Gasteiger partial charge in [0.1, 0.15) is 5.82 Å². The molecule has 4 heterocycles. The number of likely N-dealkylation sites (tertiary alicyclic amines) is 2. The van der Waals surface area contributed by atoms with E-state index in [1.165, 1.54) is 51.9 Å². The molecule has 0 aliphatic carbocycles. The summed E-state index contributed by atoms with van der Waals surface area (Å²) in [6.45, 7) is 8.59. The minimum atomic E-state index is 0.885. The van der Waals surface area contributed by atoms with Gasteiger partial charge in [-0.3, -0.25) is 9.80 Å². The first-order valence-corrected chi connectivity index (χ1v) is 11.0. The maximum absolute atomic E-state index is 5.39. The summed E-state index contributed by atoms with van der Waals surface area (Å²) in [6.07, 6.45) is 5.29. The van der Waals surface area contributed by atoms with Crippen LogP contribution in [-0.2, 0) is 13.1 Å².